The fourth-order valence-electron chi connectivity index (χ4n) is 2.95. The Kier molecular flexibility index (Phi) is 5.11. The van der Waals surface area contributed by atoms with Gasteiger partial charge in [-0.2, -0.15) is 9.57 Å². The van der Waals surface area contributed by atoms with E-state index in [1.165, 1.54) is 34.8 Å². The lowest BCUT2D eigenvalue weighted by molar-refractivity contribution is 0.0895. The Morgan fingerprint density at radius 2 is 1.88 bits per heavy atom. The van der Waals surface area contributed by atoms with Crippen LogP contribution >= 0.6 is 0 Å². The SMILES string of the molecule is Cc1ccoc1C(=O)NC1CCN(S(=O)(=O)c2ccc(C#N)cc2)CC1. The van der Waals surface area contributed by atoms with E-state index in [0.29, 0.717) is 31.5 Å². The number of nitriles is 1. The van der Waals surface area contributed by atoms with Gasteiger partial charge in [0.2, 0.25) is 10.0 Å². The van der Waals surface area contributed by atoms with Crippen molar-refractivity contribution >= 4 is 15.9 Å². The number of benzene rings is 1. The molecule has 0 aliphatic carbocycles. The number of rotatable bonds is 4. The first-order valence-corrected chi connectivity index (χ1v) is 9.71. The van der Waals surface area contributed by atoms with Crippen LogP contribution in [-0.2, 0) is 10.0 Å². The lowest BCUT2D eigenvalue weighted by Crippen LogP contribution is -2.46. The molecule has 1 fully saturated rings. The van der Waals surface area contributed by atoms with Crippen LogP contribution in [0.4, 0.5) is 0 Å². The minimum atomic E-state index is -3.60. The standard InChI is InChI=1S/C18H19N3O4S/c1-13-8-11-25-17(13)18(22)20-15-6-9-21(10-7-15)26(23,24)16-4-2-14(12-19)3-5-16/h2-5,8,11,15H,6-7,9-10H2,1H3,(H,20,22). The summed E-state index contributed by atoms with van der Waals surface area (Å²) in [5.74, 6) is 0.0125. The highest BCUT2D eigenvalue weighted by molar-refractivity contribution is 7.89. The predicted molar refractivity (Wildman–Crippen MR) is 93.8 cm³/mol. The van der Waals surface area contributed by atoms with Crippen LogP contribution in [0.2, 0.25) is 0 Å². The second kappa shape index (κ2) is 7.32. The largest absolute Gasteiger partial charge is 0.459 e. The van der Waals surface area contributed by atoms with Gasteiger partial charge in [0.05, 0.1) is 22.8 Å². The van der Waals surface area contributed by atoms with Crippen molar-refractivity contribution in [3.8, 4) is 6.07 Å². The third kappa shape index (κ3) is 3.64. The lowest BCUT2D eigenvalue weighted by atomic mass is 10.1. The molecule has 1 aromatic carbocycles. The number of aryl methyl sites for hydroxylation is 1. The quantitative estimate of drug-likeness (QED) is 0.883. The summed E-state index contributed by atoms with van der Waals surface area (Å²) in [6, 6.07) is 9.47. The van der Waals surface area contributed by atoms with Gasteiger partial charge < -0.3 is 9.73 Å². The molecule has 0 spiro atoms. The lowest BCUT2D eigenvalue weighted by Gasteiger charge is -2.31. The number of furan rings is 1. The minimum Gasteiger partial charge on any atom is -0.459 e. The molecular formula is C18H19N3O4S. The normalized spacial score (nSPS) is 16.2. The van der Waals surface area contributed by atoms with Crippen molar-refractivity contribution < 1.29 is 17.6 Å². The van der Waals surface area contributed by atoms with Crippen molar-refractivity contribution in [2.45, 2.75) is 30.7 Å². The predicted octanol–water partition coefficient (Wildman–Crippen LogP) is 2.04. The minimum absolute atomic E-state index is 0.0978. The van der Waals surface area contributed by atoms with Gasteiger partial charge in [-0.3, -0.25) is 4.79 Å². The number of hydrogen-bond acceptors (Lipinski definition) is 5. The van der Waals surface area contributed by atoms with E-state index in [2.05, 4.69) is 5.32 Å². The highest BCUT2D eigenvalue weighted by atomic mass is 32.2. The summed E-state index contributed by atoms with van der Waals surface area (Å²) in [5.41, 5.74) is 1.18. The first-order chi connectivity index (χ1) is 12.4. The fraction of sp³-hybridized carbons (Fsp3) is 0.333. The van der Waals surface area contributed by atoms with Crippen molar-refractivity contribution in [1.29, 1.82) is 5.26 Å². The first kappa shape index (κ1) is 18.2. The molecule has 0 atom stereocenters. The Bertz CT molecular complexity index is 934. The third-order valence-corrected chi connectivity index (χ3v) is 6.39. The molecule has 1 saturated heterocycles. The monoisotopic (exact) mass is 373 g/mol. The molecule has 2 aromatic rings. The average Bonchev–Trinajstić information content (AvgIpc) is 3.08. The van der Waals surface area contributed by atoms with E-state index in [1.807, 2.05) is 6.07 Å². The summed E-state index contributed by atoms with van der Waals surface area (Å²) in [7, 11) is -3.60. The first-order valence-electron chi connectivity index (χ1n) is 8.27. The van der Waals surface area contributed by atoms with Crippen molar-refractivity contribution in [3.63, 3.8) is 0 Å². The van der Waals surface area contributed by atoms with Gasteiger partial charge >= 0.3 is 0 Å². The van der Waals surface area contributed by atoms with Crippen molar-refractivity contribution in [1.82, 2.24) is 9.62 Å². The van der Waals surface area contributed by atoms with Crippen molar-refractivity contribution in [2.24, 2.45) is 0 Å². The van der Waals surface area contributed by atoms with Gasteiger partial charge in [0.15, 0.2) is 5.76 Å². The Labute approximate surface area is 152 Å². The highest BCUT2D eigenvalue weighted by Gasteiger charge is 2.30. The smallest absolute Gasteiger partial charge is 0.287 e. The summed E-state index contributed by atoms with van der Waals surface area (Å²) < 4.78 is 32.0. The topological polar surface area (TPSA) is 103 Å². The summed E-state index contributed by atoms with van der Waals surface area (Å²) in [6.45, 7) is 2.44. The second-order valence-electron chi connectivity index (χ2n) is 6.22. The molecule has 0 bridgehead atoms. The molecule has 7 nitrogen and oxygen atoms in total. The van der Waals surface area contributed by atoms with E-state index in [9.17, 15) is 13.2 Å². The number of nitrogens with zero attached hydrogens (tertiary/aromatic N) is 2. The number of nitrogens with one attached hydrogen (secondary N) is 1. The Hall–Kier alpha value is -2.63. The zero-order valence-electron chi connectivity index (χ0n) is 14.3. The molecular weight excluding hydrogens is 354 g/mol. The molecule has 0 saturated carbocycles. The number of amides is 1. The highest BCUT2D eigenvalue weighted by Crippen LogP contribution is 2.21. The second-order valence-corrected chi connectivity index (χ2v) is 8.16. The van der Waals surface area contributed by atoms with E-state index >= 15 is 0 Å². The molecule has 1 aliphatic rings. The van der Waals surface area contributed by atoms with Crippen LogP contribution in [0, 0.1) is 18.3 Å². The fourth-order valence-corrected chi connectivity index (χ4v) is 4.42. The Morgan fingerprint density at radius 1 is 1.23 bits per heavy atom. The maximum atomic E-state index is 12.7. The average molecular weight is 373 g/mol. The molecule has 0 radical (unpaired) electrons. The van der Waals surface area contributed by atoms with Gasteiger partial charge in [0.1, 0.15) is 0 Å². The van der Waals surface area contributed by atoms with Crippen LogP contribution in [0.3, 0.4) is 0 Å². The summed E-state index contributed by atoms with van der Waals surface area (Å²) in [6.07, 6.45) is 2.53. The maximum absolute atomic E-state index is 12.7. The third-order valence-electron chi connectivity index (χ3n) is 4.48. The molecule has 1 amide bonds. The van der Waals surface area contributed by atoms with Gasteiger partial charge in [0.25, 0.3) is 5.91 Å². The van der Waals surface area contributed by atoms with Gasteiger partial charge in [-0.25, -0.2) is 8.42 Å². The number of carbonyl (C=O) groups excluding carboxylic acids is 1. The van der Waals surface area contributed by atoms with Gasteiger partial charge in [-0.15, -0.1) is 0 Å². The molecule has 0 unspecified atom stereocenters. The molecule has 136 valence electrons. The number of piperidine rings is 1. The number of sulfonamides is 1. The van der Waals surface area contributed by atoms with Crippen LogP contribution in [0.5, 0.6) is 0 Å². The molecule has 1 N–H and O–H groups in total. The van der Waals surface area contributed by atoms with Crippen LogP contribution < -0.4 is 5.32 Å². The van der Waals surface area contributed by atoms with Crippen LogP contribution in [-0.4, -0.2) is 37.8 Å². The van der Waals surface area contributed by atoms with Crippen molar-refractivity contribution in [2.75, 3.05) is 13.1 Å². The van der Waals surface area contributed by atoms with E-state index in [-0.39, 0.29) is 22.6 Å². The Morgan fingerprint density at radius 3 is 2.42 bits per heavy atom. The molecule has 3 rings (SSSR count). The van der Waals surface area contributed by atoms with Gasteiger partial charge in [-0.1, -0.05) is 0 Å². The van der Waals surface area contributed by atoms with E-state index < -0.39 is 10.0 Å². The van der Waals surface area contributed by atoms with Gasteiger partial charge in [0, 0.05) is 24.7 Å². The van der Waals surface area contributed by atoms with E-state index in [4.69, 9.17) is 9.68 Å². The summed E-state index contributed by atoms with van der Waals surface area (Å²) >= 11 is 0. The molecule has 1 aromatic heterocycles. The van der Waals surface area contributed by atoms with Gasteiger partial charge in [-0.05, 0) is 50.1 Å². The Balaban J connectivity index is 1.61. The summed E-state index contributed by atoms with van der Waals surface area (Å²) in [4.78, 5) is 12.4. The maximum Gasteiger partial charge on any atom is 0.287 e. The zero-order chi connectivity index (χ0) is 18.7. The number of hydrogen-bond donors (Lipinski definition) is 1. The molecule has 8 heteroatoms. The molecule has 26 heavy (non-hydrogen) atoms. The van der Waals surface area contributed by atoms with Crippen LogP contribution in [0.1, 0.15) is 34.5 Å². The van der Waals surface area contributed by atoms with Crippen LogP contribution in [0.15, 0.2) is 45.9 Å². The van der Waals surface area contributed by atoms with Crippen LogP contribution in [0.25, 0.3) is 0 Å². The molecule has 2 heterocycles. The summed E-state index contributed by atoms with van der Waals surface area (Å²) in [5, 5.41) is 11.7. The van der Waals surface area contributed by atoms with E-state index in [0.717, 1.165) is 5.56 Å². The van der Waals surface area contributed by atoms with Crippen molar-refractivity contribution in [3.05, 3.63) is 53.5 Å². The molecule has 1 aliphatic heterocycles. The number of carbonyl (C=O) groups is 1. The zero-order valence-corrected chi connectivity index (χ0v) is 15.1. The van der Waals surface area contributed by atoms with E-state index in [1.54, 1.807) is 13.0 Å².